The van der Waals surface area contributed by atoms with Gasteiger partial charge in [-0.3, -0.25) is 14.2 Å². The van der Waals surface area contributed by atoms with Crippen molar-refractivity contribution in [3.05, 3.63) is 55.8 Å². The van der Waals surface area contributed by atoms with Crippen molar-refractivity contribution in [2.24, 2.45) is 5.92 Å². The van der Waals surface area contributed by atoms with Gasteiger partial charge in [-0.2, -0.15) is 9.78 Å². The van der Waals surface area contributed by atoms with Crippen molar-refractivity contribution < 1.29 is 20.1 Å². The van der Waals surface area contributed by atoms with E-state index in [0.717, 1.165) is 34.7 Å². The Morgan fingerprint density at radius 3 is 2.66 bits per heavy atom. The molecular weight excluding hydrogens is 404 g/mol. The molecule has 2 aromatic rings. The smallest absolute Gasteiger partial charge is 0.352 e. The van der Waals surface area contributed by atoms with Crippen LogP contribution in [-0.2, 0) is 6.54 Å². The lowest BCUT2D eigenvalue weighted by molar-refractivity contribution is 0.0319. The molecule has 1 aliphatic rings. The Kier molecular flexibility index (Phi) is 6.48. The van der Waals surface area contributed by atoms with E-state index < -0.39 is 42.6 Å². The number of halogens is 1. The number of nitrogens with zero attached hydrogens (tertiary/aromatic N) is 3. The third-order valence-electron chi connectivity index (χ3n) is 4.88. The van der Waals surface area contributed by atoms with Gasteiger partial charge in [0, 0.05) is 5.92 Å². The number of nitrogens with one attached hydrogen (secondary N) is 1. The van der Waals surface area contributed by atoms with E-state index in [4.69, 9.17) is 16.7 Å². The third kappa shape index (κ3) is 4.56. The van der Waals surface area contributed by atoms with E-state index in [-0.39, 0.29) is 22.2 Å². The van der Waals surface area contributed by atoms with Gasteiger partial charge in [-0.05, 0) is 31.0 Å². The topological polar surface area (TPSA) is 147 Å². The van der Waals surface area contributed by atoms with Crippen LogP contribution in [0.25, 0.3) is 5.69 Å². The minimum absolute atomic E-state index is 0.00621. The normalized spacial score (nSPS) is 16.1. The van der Waals surface area contributed by atoms with Gasteiger partial charge in [0.05, 0.1) is 35.5 Å². The van der Waals surface area contributed by atoms with Crippen molar-refractivity contribution in [3.8, 4) is 5.69 Å². The van der Waals surface area contributed by atoms with E-state index in [9.17, 15) is 24.6 Å². The Hall–Kier alpha value is -2.53. The highest BCUT2D eigenvalue weighted by Gasteiger charge is 2.27. The maximum atomic E-state index is 12.6. The molecule has 11 heteroatoms. The van der Waals surface area contributed by atoms with Gasteiger partial charge in [-0.25, -0.2) is 4.79 Å². The van der Waals surface area contributed by atoms with Crippen molar-refractivity contribution >= 4 is 17.5 Å². The predicted molar refractivity (Wildman–Crippen MR) is 103 cm³/mol. The molecule has 0 spiro atoms. The summed E-state index contributed by atoms with van der Waals surface area (Å²) >= 11 is 6.11. The number of carbonyl (C=O) groups excluding carboxylic acids is 1. The highest BCUT2D eigenvalue weighted by Crippen LogP contribution is 2.29. The van der Waals surface area contributed by atoms with Crippen LogP contribution in [0.15, 0.2) is 34.0 Å². The molecule has 156 valence electrons. The zero-order valence-corrected chi connectivity index (χ0v) is 16.1. The number of hydrogen-bond acceptors (Lipinski definition) is 7. The molecule has 1 saturated carbocycles. The van der Waals surface area contributed by atoms with Gasteiger partial charge >= 0.3 is 5.69 Å². The molecule has 1 fully saturated rings. The summed E-state index contributed by atoms with van der Waals surface area (Å²) < 4.78 is 1.60. The van der Waals surface area contributed by atoms with E-state index in [0.29, 0.717) is 0 Å². The number of benzene rings is 1. The summed E-state index contributed by atoms with van der Waals surface area (Å²) in [6.45, 7) is -1.03. The Balaban J connectivity index is 1.93. The number of carbonyl (C=O) groups is 1. The highest BCUT2D eigenvalue weighted by atomic mass is 35.5. The zero-order chi connectivity index (χ0) is 21.1. The molecule has 0 aliphatic heterocycles. The summed E-state index contributed by atoms with van der Waals surface area (Å²) in [6.07, 6.45) is 1.27. The number of hydrogen-bond donors (Lipinski definition) is 4. The highest BCUT2D eigenvalue weighted by molar-refractivity contribution is 6.33. The fraction of sp³-hybridized carbons (Fsp3) is 0.444. The van der Waals surface area contributed by atoms with Crippen LogP contribution in [-0.4, -0.2) is 54.5 Å². The molecule has 1 amide bonds. The van der Waals surface area contributed by atoms with Crippen molar-refractivity contribution in [3.63, 3.8) is 0 Å². The Morgan fingerprint density at radius 2 is 2.03 bits per heavy atom. The molecule has 3 rings (SSSR count). The monoisotopic (exact) mass is 424 g/mol. The number of rotatable bonds is 7. The third-order valence-corrected chi connectivity index (χ3v) is 5.21. The molecule has 0 bridgehead atoms. The van der Waals surface area contributed by atoms with Crippen molar-refractivity contribution in [2.45, 2.75) is 38.1 Å². The number of aliphatic hydroxyl groups excluding tert-OH is 3. The van der Waals surface area contributed by atoms with E-state index in [1.54, 1.807) is 0 Å². The van der Waals surface area contributed by atoms with E-state index in [1.165, 1.54) is 18.2 Å². The quantitative estimate of drug-likeness (QED) is 0.427. The predicted octanol–water partition coefficient (Wildman–Crippen LogP) is -0.751. The lowest BCUT2D eigenvalue weighted by Gasteiger charge is -2.30. The summed E-state index contributed by atoms with van der Waals surface area (Å²) in [5, 5.41) is 35.0. The zero-order valence-electron chi connectivity index (χ0n) is 15.4. The van der Waals surface area contributed by atoms with Crippen LogP contribution in [0.1, 0.15) is 29.6 Å². The summed E-state index contributed by atoms with van der Waals surface area (Å²) in [4.78, 5) is 37.0. The SMILES string of the molecule is O=C(NC(O)C1CCC1)c1cc(-n2ncc(=O)n(CC(O)CO)c2=O)ccc1Cl. The first-order chi connectivity index (χ1) is 13.8. The molecule has 1 aromatic carbocycles. The van der Waals surface area contributed by atoms with Gasteiger partial charge in [0.1, 0.15) is 12.4 Å². The molecule has 2 unspecified atom stereocenters. The van der Waals surface area contributed by atoms with Crippen LogP contribution in [0.3, 0.4) is 0 Å². The molecule has 10 nitrogen and oxygen atoms in total. The number of aliphatic hydroxyl groups is 3. The van der Waals surface area contributed by atoms with Crippen LogP contribution in [0.2, 0.25) is 5.02 Å². The van der Waals surface area contributed by atoms with E-state index >= 15 is 0 Å². The molecule has 4 N–H and O–H groups in total. The van der Waals surface area contributed by atoms with Crippen LogP contribution >= 0.6 is 11.6 Å². The molecule has 1 heterocycles. The molecule has 2 atom stereocenters. The fourth-order valence-corrected chi connectivity index (χ4v) is 3.16. The first-order valence-corrected chi connectivity index (χ1v) is 9.46. The maximum absolute atomic E-state index is 12.6. The first-order valence-electron chi connectivity index (χ1n) is 9.08. The molecular formula is C18H21ClN4O6. The van der Waals surface area contributed by atoms with Gasteiger partial charge in [0.25, 0.3) is 11.5 Å². The molecule has 0 saturated heterocycles. The summed E-state index contributed by atoms with van der Waals surface area (Å²) in [7, 11) is 0. The number of amides is 1. The van der Waals surface area contributed by atoms with E-state index in [2.05, 4.69) is 10.4 Å². The van der Waals surface area contributed by atoms with Gasteiger partial charge in [-0.15, -0.1) is 0 Å². The maximum Gasteiger partial charge on any atom is 0.352 e. The largest absolute Gasteiger partial charge is 0.394 e. The van der Waals surface area contributed by atoms with Gasteiger partial charge in [0.2, 0.25) is 0 Å². The van der Waals surface area contributed by atoms with Crippen molar-refractivity contribution in [2.75, 3.05) is 6.61 Å². The molecule has 1 aliphatic carbocycles. The Labute approximate surface area is 170 Å². The average Bonchev–Trinajstić information content (AvgIpc) is 2.64. The second-order valence-electron chi connectivity index (χ2n) is 6.90. The molecule has 29 heavy (non-hydrogen) atoms. The van der Waals surface area contributed by atoms with Crippen LogP contribution in [0.4, 0.5) is 0 Å². The minimum atomic E-state index is -1.30. The lowest BCUT2D eigenvalue weighted by atomic mass is 9.84. The average molecular weight is 425 g/mol. The minimum Gasteiger partial charge on any atom is -0.394 e. The summed E-state index contributed by atoms with van der Waals surface area (Å²) in [6, 6.07) is 4.15. The van der Waals surface area contributed by atoms with Gasteiger partial charge in [-0.1, -0.05) is 18.0 Å². The summed E-state index contributed by atoms with van der Waals surface area (Å²) in [5.41, 5.74) is -1.40. The van der Waals surface area contributed by atoms with Crippen molar-refractivity contribution in [1.29, 1.82) is 0 Å². The standard InChI is InChI=1S/C18H21ClN4O6/c19-14-5-4-11(6-13(14)17(28)21-16(27)10-2-1-3-10)23-18(29)22(8-12(25)9-24)15(26)7-20-23/h4-7,10,12,16,24-25,27H,1-3,8-9H2,(H,21,28). The lowest BCUT2D eigenvalue weighted by Crippen LogP contribution is -2.43. The Bertz CT molecular complexity index is 1020. The fourth-order valence-electron chi connectivity index (χ4n) is 2.95. The molecule has 0 radical (unpaired) electrons. The van der Waals surface area contributed by atoms with Crippen LogP contribution < -0.4 is 16.6 Å². The van der Waals surface area contributed by atoms with Crippen LogP contribution in [0, 0.1) is 5.92 Å². The van der Waals surface area contributed by atoms with Crippen molar-refractivity contribution in [1.82, 2.24) is 19.7 Å². The second-order valence-corrected chi connectivity index (χ2v) is 7.30. The van der Waals surface area contributed by atoms with E-state index in [1.807, 2.05) is 0 Å². The first kappa shape index (κ1) is 21.2. The Morgan fingerprint density at radius 1 is 1.31 bits per heavy atom. The number of aromatic nitrogens is 3. The van der Waals surface area contributed by atoms with Gasteiger partial charge in [0.15, 0.2) is 0 Å². The second kappa shape index (κ2) is 8.87. The van der Waals surface area contributed by atoms with Gasteiger partial charge < -0.3 is 20.6 Å². The summed E-state index contributed by atoms with van der Waals surface area (Å²) in [5.74, 6) is -0.597. The molecule has 1 aromatic heterocycles. The van der Waals surface area contributed by atoms with Crippen LogP contribution in [0.5, 0.6) is 0 Å².